The zero-order chi connectivity index (χ0) is 14.0. The Morgan fingerprint density at radius 1 is 1.63 bits per heavy atom. The van der Waals surface area contributed by atoms with Gasteiger partial charge in [0.15, 0.2) is 0 Å². The van der Waals surface area contributed by atoms with Crippen molar-refractivity contribution in [3.8, 4) is 0 Å². The third-order valence-electron chi connectivity index (χ3n) is 3.05. The fraction of sp³-hybridized carbons (Fsp3) is 0.500. The van der Waals surface area contributed by atoms with Crippen LogP contribution in [0.1, 0.15) is 17.3 Å². The van der Waals surface area contributed by atoms with Crippen LogP contribution in [0.5, 0.6) is 0 Å². The standard InChI is InChI=1S/C12H15ClN2O4/c1-7-6-19-8(5-16)4-15(7)11-9(12(17)18)2-3-10(13)14-11/h2-3,7-8,16H,4-6H2,1H3,(H,17,18). The highest BCUT2D eigenvalue weighted by molar-refractivity contribution is 6.29. The maximum Gasteiger partial charge on any atom is 0.339 e. The smallest absolute Gasteiger partial charge is 0.339 e. The zero-order valence-electron chi connectivity index (χ0n) is 10.4. The molecular formula is C12H15ClN2O4. The number of anilines is 1. The van der Waals surface area contributed by atoms with E-state index in [2.05, 4.69) is 4.98 Å². The van der Waals surface area contributed by atoms with Gasteiger partial charge in [-0.05, 0) is 19.1 Å². The van der Waals surface area contributed by atoms with E-state index in [-0.39, 0.29) is 29.5 Å². The van der Waals surface area contributed by atoms with Crippen LogP contribution < -0.4 is 4.90 Å². The summed E-state index contributed by atoms with van der Waals surface area (Å²) in [6.45, 7) is 2.57. The first-order valence-corrected chi connectivity index (χ1v) is 6.29. The summed E-state index contributed by atoms with van der Waals surface area (Å²) in [6.07, 6.45) is -0.348. The number of aliphatic hydroxyl groups excluding tert-OH is 1. The molecule has 1 aliphatic rings. The summed E-state index contributed by atoms with van der Waals surface area (Å²) in [5.41, 5.74) is 0.0924. The number of aromatic carboxylic acids is 1. The predicted octanol–water partition coefficient (Wildman–Crippen LogP) is 1.02. The number of aliphatic hydroxyl groups is 1. The number of carbonyl (C=O) groups is 1. The van der Waals surface area contributed by atoms with Gasteiger partial charge >= 0.3 is 5.97 Å². The van der Waals surface area contributed by atoms with E-state index in [1.165, 1.54) is 12.1 Å². The van der Waals surface area contributed by atoms with Crippen LogP contribution >= 0.6 is 11.6 Å². The molecule has 0 bridgehead atoms. The molecule has 2 heterocycles. The molecule has 0 amide bonds. The number of hydrogen-bond acceptors (Lipinski definition) is 5. The van der Waals surface area contributed by atoms with E-state index in [0.29, 0.717) is 19.0 Å². The van der Waals surface area contributed by atoms with E-state index in [9.17, 15) is 9.90 Å². The highest BCUT2D eigenvalue weighted by Crippen LogP contribution is 2.25. The summed E-state index contributed by atoms with van der Waals surface area (Å²) in [6, 6.07) is 2.85. The largest absolute Gasteiger partial charge is 0.478 e. The minimum atomic E-state index is -1.06. The van der Waals surface area contributed by atoms with Gasteiger partial charge in [0.1, 0.15) is 16.5 Å². The third-order valence-corrected chi connectivity index (χ3v) is 3.26. The molecule has 0 radical (unpaired) electrons. The molecule has 2 N–H and O–H groups in total. The number of morpholine rings is 1. The van der Waals surface area contributed by atoms with E-state index >= 15 is 0 Å². The number of ether oxygens (including phenoxy) is 1. The van der Waals surface area contributed by atoms with Gasteiger partial charge in [-0.1, -0.05) is 11.6 Å². The van der Waals surface area contributed by atoms with Gasteiger partial charge in [-0.15, -0.1) is 0 Å². The SMILES string of the molecule is CC1COC(CO)CN1c1nc(Cl)ccc1C(=O)O. The van der Waals surface area contributed by atoms with Crippen molar-refractivity contribution in [2.45, 2.75) is 19.1 Å². The molecule has 1 aromatic rings. The lowest BCUT2D eigenvalue weighted by atomic mass is 10.1. The molecule has 2 atom stereocenters. The molecule has 2 unspecified atom stereocenters. The second kappa shape index (κ2) is 5.73. The average Bonchev–Trinajstić information content (AvgIpc) is 2.38. The van der Waals surface area contributed by atoms with Crippen LogP contribution in [0, 0.1) is 0 Å². The first-order valence-electron chi connectivity index (χ1n) is 5.92. The lowest BCUT2D eigenvalue weighted by Crippen LogP contribution is -2.50. The quantitative estimate of drug-likeness (QED) is 0.807. The molecule has 1 aliphatic heterocycles. The van der Waals surface area contributed by atoms with E-state index < -0.39 is 5.97 Å². The monoisotopic (exact) mass is 286 g/mol. The summed E-state index contributed by atoms with van der Waals surface area (Å²) < 4.78 is 5.42. The molecule has 0 aromatic carbocycles. The van der Waals surface area contributed by atoms with Gasteiger partial charge in [0, 0.05) is 6.54 Å². The Bertz CT molecular complexity index is 483. The first-order chi connectivity index (χ1) is 9.02. The molecule has 0 saturated carbocycles. The Kier molecular flexibility index (Phi) is 4.24. The van der Waals surface area contributed by atoms with Gasteiger partial charge in [-0.3, -0.25) is 0 Å². The number of rotatable bonds is 3. The molecule has 7 heteroatoms. The second-order valence-electron chi connectivity index (χ2n) is 4.45. The van der Waals surface area contributed by atoms with Crippen molar-refractivity contribution in [3.05, 3.63) is 22.8 Å². The average molecular weight is 287 g/mol. The van der Waals surface area contributed by atoms with E-state index in [1.54, 1.807) is 4.90 Å². The van der Waals surface area contributed by atoms with E-state index in [4.69, 9.17) is 21.4 Å². The Hall–Kier alpha value is -1.37. The van der Waals surface area contributed by atoms with Crippen LogP contribution in [0.4, 0.5) is 5.82 Å². The Balaban J connectivity index is 2.38. The number of halogens is 1. The van der Waals surface area contributed by atoms with Gasteiger partial charge in [0.2, 0.25) is 0 Å². The molecule has 0 aliphatic carbocycles. The summed E-state index contributed by atoms with van der Waals surface area (Å²) in [4.78, 5) is 17.2. The molecule has 6 nitrogen and oxygen atoms in total. The molecule has 19 heavy (non-hydrogen) atoms. The topological polar surface area (TPSA) is 82.9 Å². The fourth-order valence-electron chi connectivity index (χ4n) is 2.03. The minimum Gasteiger partial charge on any atom is -0.478 e. The van der Waals surface area contributed by atoms with Crippen LogP contribution in [-0.4, -0.2) is 53.1 Å². The molecule has 1 saturated heterocycles. The number of carboxylic acids is 1. The summed E-state index contributed by atoms with van der Waals surface area (Å²) >= 11 is 5.85. The van der Waals surface area contributed by atoms with Crippen molar-refractivity contribution in [2.75, 3.05) is 24.7 Å². The van der Waals surface area contributed by atoms with Gasteiger partial charge in [0.25, 0.3) is 0 Å². The molecule has 0 spiro atoms. The molecule has 2 rings (SSSR count). The molecule has 104 valence electrons. The highest BCUT2D eigenvalue weighted by Gasteiger charge is 2.29. The van der Waals surface area contributed by atoms with Crippen LogP contribution in [0.3, 0.4) is 0 Å². The minimum absolute atomic E-state index is 0.0353. The van der Waals surface area contributed by atoms with Crippen molar-refractivity contribution in [1.29, 1.82) is 0 Å². The number of hydrogen-bond donors (Lipinski definition) is 2. The molecular weight excluding hydrogens is 272 g/mol. The zero-order valence-corrected chi connectivity index (χ0v) is 11.2. The number of nitrogens with zero attached hydrogens (tertiary/aromatic N) is 2. The molecule has 1 aromatic heterocycles. The fourth-order valence-corrected chi connectivity index (χ4v) is 2.18. The summed E-state index contributed by atoms with van der Waals surface area (Å²) in [7, 11) is 0. The molecule has 1 fully saturated rings. The number of aromatic nitrogens is 1. The Morgan fingerprint density at radius 3 is 3.00 bits per heavy atom. The van der Waals surface area contributed by atoms with Crippen LogP contribution in [0.25, 0.3) is 0 Å². The van der Waals surface area contributed by atoms with Crippen molar-refractivity contribution in [2.24, 2.45) is 0 Å². The Morgan fingerprint density at radius 2 is 2.37 bits per heavy atom. The predicted molar refractivity (Wildman–Crippen MR) is 69.8 cm³/mol. The van der Waals surface area contributed by atoms with E-state index in [0.717, 1.165) is 0 Å². The van der Waals surface area contributed by atoms with Crippen molar-refractivity contribution < 1.29 is 19.7 Å². The summed E-state index contributed by atoms with van der Waals surface area (Å²) in [5.74, 6) is -0.743. The van der Waals surface area contributed by atoms with Gasteiger partial charge in [0.05, 0.1) is 25.4 Å². The van der Waals surface area contributed by atoms with Crippen LogP contribution in [0.15, 0.2) is 12.1 Å². The maximum absolute atomic E-state index is 11.2. The van der Waals surface area contributed by atoms with Crippen molar-refractivity contribution >= 4 is 23.4 Å². The van der Waals surface area contributed by atoms with Gasteiger partial charge in [-0.25, -0.2) is 9.78 Å². The highest BCUT2D eigenvalue weighted by atomic mass is 35.5. The van der Waals surface area contributed by atoms with Gasteiger partial charge < -0.3 is 19.8 Å². The number of carboxylic acid groups (broad SMARTS) is 1. The lowest BCUT2D eigenvalue weighted by Gasteiger charge is -2.38. The number of pyridine rings is 1. The van der Waals surface area contributed by atoms with E-state index in [1.807, 2.05) is 6.92 Å². The summed E-state index contributed by atoms with van der Waals surface area (Å²) in [5, 5.41) is 18.6. The third kappa shape index (κ3) is 2.97. The normalized spacial score (nSPS) is 23.4. The van der Waals surface area contributed by atoms with Crippen LogP contribution in [-0.2, 0) is 4.74 Å². The maximum atomic E-state index is 11.2. The second-order valence-corrected chi connectivity index (χ2v) is 4.84. The van der Waals surface area contributed by atoms with Crippen molar-refractivity contribution in [1.82, 2.24) is 4.98 Å². The van der Waals surface area contributed by atoms with Crippen LogP contribution in [0.2, 0.25) is 5.15 Å². The lowest BCUT2D eigenvalue weighted by molar-refractivity contribution is -0.0106. The first kappa shape index (κ1) is 14.0. The van der Waals surface area contributed by atoms with Crippen molar-refractivity contribution in [3.63, 3.8) is 0 Å². The van der Waals surface area contributed by atoms with Gasteiger partial charge in [-0.2, -0.15) is 0 Å². The Labute approximate surface area is 115 Å².